The Balaban J connectivity index is 3.10. The number of hydrogen-bond acceptors (Lipinski definition) is 2. The average Bonchev–Trinajstić information content (AvgIpc) is 1.87. The van der Waals surface area contributed by atoms with E-state index >= 15 is 0 Å². The quantitative estimate of drug-likeness (QED) is 0.430. The zero-order chi connectivity index (χ0) is 7.82. The molecular weight excluding hydrogens is 128 g/mol. The van der Waals surface area contributed by atoms with Crippen LogP contribution in [0, 0.1) is 0 Å². The molecule has 0 amide bonds. The minimum absolute atomic E-state index is 0.0940. The SMILES string of the molecule is CCOCC/C=C/C(C)=O. The molecule has 0 saturated heterocycles. The Labute approximate surface area is 61.9 Å². The lowest BCUT2D eigenvalue weighted by Crippen LogP contribution is -1.91. The van der Waals surface area contributed by atoms with Crippen LogP contribution in [-0.4, -0.2) is 19.0 Å². The lowest BCUT2D eigenvalue weighted by Gasteiger charge is -1.93. The van der Waals surface area contributed by atoms with Crippen molar-refractivity contribution in [2.24, 2.45) is 0 Å². The van der Waals surface area contributed by atoms with Gasteiger partial charge in [0.2, 0.25) is 0 Å². The van der Waals surface area contributed by atoms with Gasteiger partial charge in [-0.2, -0.15) is 0 Å². The van der Waals surface area contributed by atoms with E-state index in [1.165, 1.54) is 6.92 Å². The minimum Gasteiger partial charge on any atom is -0.381 e. The molecule has 0 aliphatic carbocycles. The summed E-state index contributed by atoms with van der Waals surface area (Å²) in [6.45, 7) is 4.94. The molecule has 0 unspecified atom stereocenters. The molecule has 58 valence electrons. The van der Waals surface area contributed by atoms with E-state index in [9.17, 15) is 4.79 Å². The standard InChI is InChI=1S/C8H14O2/c1-3-10-7-5-4-6-8(2)9/h4,6H,3,5,7H2,1-2H3/b6-4+. The van der Waals surface area contributed by atoms with Crippen molar-refractivity contribution in [3.63, 3.8) is 0 Å². The van der Waals surface area contributed by atoms with Gasteiger partial charge in [0.15, 0.2) is 5.78 Å². The first-order valence-corrected chi connectivity index (χ1v) is 3.52. The summed E-state index contributed by atoms with van der Waals surface area (Å²) in [7, 11) is 0. The van der Waals surface area contributed by atoms with Crippen LogP contribution in [0.2, 0.25) is 0 Å². The first kappa shape index (κ1) is 9.37. The summed E-state index contributed by atoms with van der Waals surface area (Å²) in [5.74, 6) is 0.0940. The second-order valence-corrected chi connectivity index (χ2v) is 2.00. The van der Waals surface area contributed by atoms with Crippen LogP contribution in [0.15, 0.2) is 12.2 Å². The fourth-order valence-corrected chi connectivity index (χ4v) is 0.545. The van der Waals surface area contributed by atoms with Crippen LogP contribution in [0.3, 0.4) is 0 Å². The van der Waals surface area contributed by atoms with Gasteiger partial charge in [0.25, 0.3) is 0 Å². The lowest BCUT2D eigenvalue weighted by molar-refractivity contribution is -0.112. The number of ether oxygens (including phenoxy) is 1. The van der Waals surface area contributed by atoms with E-state index in [4.69, 9.17) is 4.74 Å². The summed E-state index contributed by atoms with van der Waals surface area (Å²) < 4.78 is 5.05. The Hall–Kier alpha value is -0.630. The summed E-state index contributed by atoms with van der Waals surface area (Å²) in [6, 6.07) is 0. The highest BCUT2D eigenvalue weighted by atomic mass is 16.5. The third-order valence-electron chi connectivity index (χ3n) is 0.986. The third-order valence-corrected chi connectivity index (χ3v) is 0.986. The lowest BCUT2D eigenvalue weighted by atomic mass is 10.3. The maximum atomic E-state index is 10.3. The maximum Gasteiger partial charge on any atom is 0.152 e. The molecule has 0 bridgehead atoms. The monoisotopic (exact) mass is 142 g/mol. The van der Waals surface area contributed by atoms with E-state index in [2.05, 4.69) is 0 Å². The van der Waals surface area contributed by atoms with Gasteiger partial charge >= 0.3 is 0 Å². The van der Waals surface area contributed by atoms with E-state index < -0.39 is 0 Å². The van der Waals surface area contributed by atoms with Crippen LogP contribution in [0.25, 0.3) is 0 Å². The molecule has 0 saturated carbocycles. The van der Waals surface area contributed by atoms with Gasteiger partial charge in [-0.25, -0.2) is 0 Å². The fraction of sp³-hybridized carbons (Fsp3) is 0.625. The molecule has 0 fully saturated rings. The molecule has 0 aromatic heterocycles. The first-order chi connectivity index (χ1) is 4.77. The summed E-state index contributed by atoms with van der Waals surface area (Å²) in [5, 5.41) is 0. The minimum atomic E-state index is 0.0940. The summed E-state index contributed by atoms with van der Waals surface area (Å²) >= 11 is 0. The Kier molecular flexibility index (Phi) is 6.08. The Morgan fingerprint density at radius 3 is 2.80 bits per heavy atom. The highest BCUT2D eigenvalue weighted by molar-refractivity contribution is 5.87. The smallest absolute Gasteiger partial charge is 0.152 e. The first-order valence-electron chi connectivity index (χ1n) is 3.52. The highest BCUT2D eigenvalue weighted by Crippen LogP contribution is 1.85. The van der Waals surface area contributed by atoms with Gasteiger partial charge in [-0.1, -0.05) is 6.08 Å². The van der Waals surface area contributed by atoms with Crippen molar-refractivity contribution >= 4 is 5.78 Å². The topological polar surface area (TPSA) is 26.3 Å². The van der Waals surface area contributed by atoms with E-state index in [1.807, 2.05) is 13.0 Å². The second-order valence-electron chi connectivity index (χ2n) is 2.00. The van der Waals surface area contributed by atoms with Crippen molar-refractivity contribution in [2.45, 2.75) is 20.3 Å². The molecule has 0 radical (unpaired) electrons. The third kappa shape index (κ3) is 7.37. The van der Waals surface area contributed by atoms with Crippen molar-refractivity contribution in [3.05, 3.63) is 12.2 Å². The zero-order valence-corrected chi connectivity index (χ0v) is 6.59. The van der Waals surface area contributed by atoms with Crippen LogP contribution in [0.4, 0.5) is 0 Å². The molecule has 0 atom stereocenters. The molecule has 0 N–H and O–H groups in total. The van der Waals surface area contributed by atoms with Crippen molar-refractivity contribution in [2.75, 3.05) is 13.2 Å². The van der Waals surface area contributed by atoms with Crippen LogP contribution in [0.1, 0.15) is 20.3 Å². The van der Waals surface area contributed by atoms with Gasteiger partial charge in [-0.05, 0) is 26.3 Å². The van der Waals surface area contributed by atoms with Gasteiger partial charge in [-0.3, -0.25) is 4.79 Å². The molecule has 0 aromatic carbocycles. The molecule has 0 rings (SSSR count). The van der Waals surface area contributed by atoms with Crippen molar-refractivity contribution < 1.29 is 9.53 Å². The predicted octanol–water partition coefficient (Wildman–Crippen LogP) is 1.56. The predicted molar refractivity (Wildman–Crippen MR) is 40.9 cm³/mol. The molecular formula is C8H14O2. The van der Waals surface area contributed by atoms with Crippen LogP contribution < -0.4 is 0 Å². The van der Waals surface area contributed by atoms with Gasteiger partial charge in [0.1, 0.15) is 0 Å². The second kappa shape index (κ2) is 6.49. The molecule has 2 heteroatoms. The molecule has 0 aromatic rings. The number of rotatable bonds is 5. The molecule has 2 nitrogen and oxygen atoms in total. The van der Waals surface area contributed by atoms with Crippen LogP contribution in [0.5, 0.6) is 0 Å². The fourth-order valence-electron chi connectivity index (χ4n) is 0.545. The largest absolute Gasteiger partial charge is 0.381 e. The van der Waals surface area contributed by atoms with E-state index in [0.717, 1.165) is 13.0 Å². The molecule has 10 heavy (non-hydrogen) atoms. The van der Waals surface area contributed by atoms with Crippen molar-refractivity contribution in [1.82, 2.24) is 0 Å². The summed E-state index contributed by atoms with van der Waals surface area (Å²) in [4.78, 5) is 10.3. The number of allylic oxidation sites excluding steroid dienone is 1. The van der Waals surface area contributed by atoms with E-state index in [-0.39, 0.29) is 5.78 Å². The number of carbonyl (C=O) groups is 1. The van der Waals surface area contributed by atoms with Gasteiger partial charge in [0, 0.05) is 6.61 Å². The zero-order valence-electron chi connectivity index (χ0n) is 6.59. The van der Waals surface area contributed by atoms with Crippen molar-refractivity contribution in [1.29, 1.82) is 0 Å². The highest BCUT2D eigenvalue weighted by Gasteiger charge is 1.82. The summed E-state index contributed by atoms with van der Waals surface area (Å²) in [5.41, 5.74) is 0. The Bertz CT molecular complexity index is 116. The number of hydrogen-bond donors (Lipinski definition) is 0. The van der Waals surface area contributed by atoms with Gasteiger partial charge < -0.3 is 4.74 Å². The number of carbonyl (C=O) groups excluding carboxylic acids is 1. The molecule has 0 heterocycles. The molecule has 0 spiro atoms. The van der Waals surface area contributed by atoms with E-state index in [0.29, 0.717) is 6.61 Å². The van der Waals surface area contributed by atoms with E-state index in [1.54, 1.807) is 6.08 Å². The summed E-state index contributed by atoms with van der Waals surface area (Å²) in [6.07, 6.45) is 4.23. The Morgan fingerprint density at radius 2 is 2.30 bits per heavy atom. The van der Waals surface area contributed by atoms with Gasteiger partial charge in [-0.15, -0.1) is 0 Å². The molecule has 0 aliphatic rings. The maximum absolute atomic E-state index is 10.3. The molecule has 0 aliphatic heterocycles. The van der Waals surface area contributed by atoms with Gasteiger partial charge in [0.05, 0.1) is 6.61 Å². The normalized spacial score (nSPS) is 10.6. The van der Waals surface area contributed by atoms with Crippen molar-refractivity contribution in [3.8, 4) is 0 Å². The Morgan fingerprint density at radius 1 is 1.60 bits per heavy atom. The van der Waals surface area contributed by atoms with Crippen LogP contribution >= 0.6 is 0 Å². The van der Waals surface area contributed by atoms with Crippen LogP contribution in [-0.2, 0) is 9.53 Å². The number of ketones is 1. The average molecular weight is 142 g/mol.